The van der Waals surface area contributed by atoms with Crippen molar-refractivity contribution >= 4 is 21.7 Å². The van der Waals surface area contributed by atoms with Crippen LogP contribution in [0.25, 0.3) is 11.5 Å². The van der Waals surface area contributed by atoms with Gasteiger partial charge in [0.1, 0.15) is 11.6 Å². The second-order valence-corrected chi connectivity index (χ2v) is 12.3. The molecule has 2 aromatic heterocycles. The second kappa shape index (κ2) is 9.58. The van der Waals surface area contributed by atoms with Gasteiger partial charge in [0.2, 0.25) is 21.8 Å². The topological polar surface area (TPSA) is 118 Å². The zero-order valence-electron chi connectivity index (χ0n) is 21.0. The van der Waals surface area contributed by atoms with Gasteiger partial charge in [-0.2, -0.15) is 0 Å². The van der Waals surface area contributed by atoms with Crippen LogP contribution in [0, 0.1) is 0 Å². The largest absolute Gasteiger partial charge is 0.419 e. The third-order valence-electron chi connectivity index (χ3n) is 6.52. The van der Waals surface area contributed by atoms with Crippen LogP contribution in [-0.4, -0.2) is 48.5 Å². The summed E-state index contributed by atoms with van der Waals surface area (Å²) in [7, 11) is -2.05. The van der Waals surface area contributed by atoms with Crippen molar-refractivity contribution in [3.8, 4) is 11.5 Å². The van der Waals surface area contributed by atoms with E-state index in [0.29, 0.717) is 35.6 Å². The minimum Gasteiger partial charge on any atom is -0.419 e. The molecule has 4 rings (SSSR count). The Bertz CT molecular complexity index is 1270. The molecule has 2 atom stereocenters. The van der Waals surface area contributed by atoms with E-state index in [1.54, 1.807) is 19.9 Å². The summed E-state index contributed by atoms with van der Waals surface area (Å²) in [4.78, 5) is 6.89. The monoisotopic (exact) mass is 498 g/mol. The van der Waals surface area contributed by atoms with E-state index in [2.05, 4.69) is 22.0 Å². The lowest BCUT2D eigenvalue weighted by Crippen LogP contribution is -2.35. The van der Waals surface area contributed by atoms with Crippen LogP contribution in [0.2, 0.25) is 0 Å². The lowest BCUT2D eigenvalue weighted by atomic mass is 9.94. The Kier molecular flexibility index (Phi) is 6.88. The molecule has 188 valence electrons. The van der Waals surface area contributed by atoms with E-state index in [-0.39, 0.29) is 5.89 Å². The fourth-order valence-corrected chi connectivity index (χ4v) is 5.31. The Morgan fingerprint density at radius 3 is 2.57 bits per heavy atom. The van der Waals surface area contributed by atoms with E-state index in [1.165, 1.54) is 11.4 Å². The van der Waals surface area contributed by atoms with Crippen LogP contribution in [0.15, 0.2) is 46.9 Å². The molecule has 0 bridgehead atoms. The fraction of sp³-hybridized carbons (Fsp3) is 0.480. The molecule has 35 heavy (non-hydrogen) atoms. The summed E-state index contributed by atoms with van der Waals surface area (Å²) in [6, 6.07) is 13.7. The van der Waals surface area contributed by atoms with Gasteiger partial charge in [0.05, 0.1) is 10.8 Å². The lowest BCUT2D eigenvalue weighted by Gasteiger charge is -2.26. The molecule has 1 aliphatic heterocycles. The van der Waals surface area contributed by atoms with Gasteiger partial charge in [-0.1, -0.05) is 30.3 Å². The quantitative estimate of drug-likeness (QED) is 0.499. The van der Waals surface area contributed by atoms with E-state index < -0.39 is 20.8 Å². The highest BCUT2D eigenvalue weighted by molar-refractivity contribution is 7.93. The molecule has 2 N–H and O–H groups in total. The van der Waals surface area contributed by atoms with Crippen LogP contribution in [0.1, 0.15) is 52.0 Å². The molecule has 1 saturated heterocycles. The van der Waals surface area contributed by atoms with E-state index in [0.717, 1.165) is 24.9 Å². The van der Waals surface area contributed by atoms with Gasteiger partial charge < -0.3 is 15.1 Å². The zero-order chi connectivity index (χ0) is 25.4. The Morgan fingerprint density at radius 1 is 1.23 bits per heavy atom. The first-order valence-corrected chi connectivity index (χ1v) is 13.4. The van der Waals surface area contributed by atoms with Crippen molar-refractivity contribution in [2.75, 3.05) is 22.8 Å². The predicted octanol–water partition coefficient (Wildman–Crippen LogP) is 3.71. The summed E-state index contributed by atoms with van der Waals surface area (Å²) < 4.78 is 33.1. The van der Waals surface area contributed by atoms with Crippen LogP contribution in [-0.2, 0) is 22.0 Å². The molecule has 0 amide bonds. The number of benzene rings is 1. The molecule has 10 heteroatoms. The molecule has 0 saturated carbocycles. The number of pyridine rings is 1. The van der Waals surface area contributed by atoms with Crippen molar-refractivity contribution in [1.82, 2.24) is 15.2 Å². The molecule has 3 aromatic rings. The van der Waals surface area contributed by atoms with Gasteiger partial charge in [-0.3, -0.25) is 4.31 Å². The van der Waals surface area contributed by atoms with Crippen LogP contribution in [0.4, 0.5) is 11.6 Å². The van der Waals surface area contributed by atoms with Crippen molar-refractivity contribution in [2.24, 2.45) is 5.73 Å². The summed E-state index contributed by atoms with van der Waals surface area (Å²) in [5.41, 5.74) is 7.37. The van der Waals surface area contributed by atoms with Gasteiger partial charge in [0.15, 0.2) is 0 Å². The van der Waals surface area contributed by atoms with Crippen molar-refractivity contribution in [2.45, 2.75) is 63.8 Å². The predicted molar refractivity (Wildman–Crippen MR) is 138 cm³/mol. The summed E-state index contributed by atoms with van der Waals surface area (Å²) >= 11 is 0. The van der Waals surface area contributed by atoms with Crippen molar-refractivity contribution in [3.63, 3.8) is 0 Å². The van der Waals surface area contributed by atoms with Gasteiger partial charge in [-0.05, 0) is 64.7 Å². The first-order chi connectivity index (χ1) is 16.5. The Morgan fingerprint density at radius 2 is 1.94 bits per heavy atom. The van der Waals surface area contributed by atoms with E-state index in [4.69, 9.17) is 15.1 Å². The summed E-state index contributed by atoms with van der Waals surface area (Å²) in [6.07, 6.45) is 2.64. The highest BCUT2D eigenvalue weighted by atomic mass is 32.2. The average molecular weight is 499 g/mol. The number of rotatable bonds is 8. The zero-order valence-corrected chi connectivity index (χ0v) is 21.8. The molecular formula is C25H34N6O3S. The number of nitrogens with zero attached hydrogens (tertiary/aromatic N) is 5. The molecule has 1 aromatic carbocycles. The SMILES string of the molecule is CC1CCCN1c1cc(-c2nnc([C@](C)(N)Cc3ccccc3)o2)cc(N(C)S(=O)(=O)C(C)C)n1. The molecule has 0 radical (unpaired) electrons. The van der Waals surface area contributed by atoms with Crippen LogP contribution >= 0.6 is 0 Å². The Labute approximate surface area is 207 Å². The maximum atomic E-state index is 12.9. The van der Waals surface area contributed by atoms with Crippen LogP contribution < -0.4 is 14.9 Å². The van der Waals surface area contributed by atoms with E-state index in [9.17, 15) is 8.42 Å². The molecule has 0 spiro atoms. The highest BCUT2D eigenvalue weighted by Crippen LogP contribution is 2.33. The maximum Gasteiger partial charge on any atom is 0.248 e. The highest BCUT2D eigenvalue weighted by Gasteiger charge is 2.31. The van der Waals surface area contributed by atoms with E-state index in [1.807, 2.05) is 43.3 Å². The lowest BCUT2D eigenvalue weighted by molar-refractivity contribution is 0.355. The van der Waals surface area contributed by atoms with Crippen LogP contribution in [0.5, 0.6) is 0 Å². The third-order valence-corrected chi connectivity index (χ3v) is 8.66. The minimum absolute atomic E-state index is 0.275. The summed E-state index contributed by atoms with van der Waals surface area (Å²) in [5, 5.41) is 7.93. The molecule has 9 nitrogen and oxygen atoms in total. The van der Waals surface area contributed by atoms with Gasteiger partial charge in [-0.15, -0.1) is 10.2 Å². The van der Waals surface area contributed by atoms with Gasteiger partial charge in [-0.25, -0.2) is 13.4 Å². The summed E-state index contributed by atoms with van der Waals surface area (Å²) in [5.74, 6) is 1.59. The van der Waals surface area contributed by atoms with Gasteiger partial charge in [0.25, 0.3) is 0 Å². The number of hydrogen-bond acceptors (Lipinski definition) is 8. The first-order valence-electron chi connectivity index (χ1n) is 11.9. The van der Waals surface area contributed by atoms with Gasteiger partial charge in [0, 0.05) is 25.2 Å². The molecular weight excluding hydrogens is 464 g/mol. The second-order valence-electron chi connectivity index (χ2n) is 9.81. The fourth-order valence-electron chi connectivity index (χ4n) is 4.32. The maximum absolute atomic E-state index is 12.9. The number of hydrogen-bond donors (Lipinski definition) is 1. The number of aromatic nitrogens is 3. The summed E-state index contributed by atoms with van der Waals surface area (Å²) in [6.45, 7) is 8.15. The smallest absolute Gasteiger partial charge is 0.248 e. The number of nitrogens with two attached hydrogens (primary N) is 1. The molecule has 1 aliphatic rings. The van der Waals surface area contributed by atoms with Crippen molar-refractivity contribution in [3.05, 3.63) is 53.9 Å². The average Bonchev–Trinajstić information content (AvgIpc) is 3.48. The number of sulfonamides is 1. The molecule has 1 unspecified atom stereocenters. The Hall–Kier alpha value is -2.98. The van der Waals surface area contributed by atoms with Crippen LogP contribution in [0.3, 0.4) is 0 Å². The molecule has 1 fully saturated rings. The Balaban J connectivity index is 1.73. The van der Waals surface area contributed by atoms with E-state index >= 15 is 0 Å². The first kappa shape index (κ1) is 25.1. The molecule has 0 aliphatic carbocycles. The normalized spacial score (nSPS) is 18.1. The van der Waals surface area contributed by atoms with Gasteiger partial charge >= 0.3 is 0 Å². The van der Waals surface area contributed by atoms with Crippen molar-refractivity contribution in [1.29, 1.82) is 0 Å². The minimum atomic E-state index is -3.57. The number of anilines is 2. The van der Waals surface area contributed by atoms with Crippen molar-refractivity contribution < 1.29 is 12.8 Å². The third kappa shape index (κ3) is 5.18. The molecule has 3 heterocycles. The standard InChI is InChI=1S/C25H34N6O3S/c1-17(2)35(32,33)30(5)21-14-20(15-22(27-21)31-13-9-10-18(31)3)23-28-29-24(34-23)25(4,26)16-19-11-7-6-8-12-19/h6-8,11-12,14-15,17-18H,9-10,13,16,26H2,1-5H3/t18?,25-/m1/s1.